The summed E-state index contributed by atoms with van der Waals surface area (Å²) in [6.45, 7) is 0. The molecule has 0 spiro atoms. The van der Waals surface area contributed by atoms with Gasteiger partial charge in [0.15, 0.2) is 0 Å². The predicted molar refractivity (Wildman–Crippen MR) is 48.3 cm³/mol. The number of hydrogen-bond acceptors (Lipinski definition) is 3. The van der Waals surface area contributed by atoms with E-state index < -0.39 is 0 Å². The smallest absolute Gasteiger partial charge is 0.0802 e. The number of anilines is 1. The Morgan fingerprint density at radius 3 is 2.83 bits per heavy atom. The van der Waals surface area contributed by atoms with E-state index in [-0.39, 0.29) is 6.04 Å². The summed E-state index contributed by atoms with van der Waals surface area (Å²) in [5.41, 5.74) is 13.3. The molecule has 4 N–H and O–H groups in total. The van der Waals surface area contributed by atoms with Crippen molar-refractivity contribution >= 4 is 5.69 Å². The lowest BCUT2D eigenvalue weighted by atomic mass is 10.1. The minimum atomic E-state index is 0.0474. The third-order valence-corrected chi connectivity index (χ3v) is 2.32. The third-order valence-electron chi connectivity index (χ3n) is 2.32. The highest BCUT2D eigenvalue weighted by Crippen LogP contribution is 2.39. The van der Waals surface area contributed by atoms with E-state index >= 15 is 0 Å². The number of pyridine rings is 1. The average Bonchev–Trinajstić information content (AvgIpc) is 2.86. The highest BCUT2D eigenvalue weighted by Gasteiger charge is 2.31. The molecule has 1 unspecified atom stereocenters. The molecule has 1 saturated carbocycles. The first kappa shape index (κ1) is 7.55. The minimum Gasteiger partial charge on any atom is -0.397 e. The van der Waals surface area contributed by atoms with Gasteiger partial charge in [-0.25, -0.2) is 0 Å². The van der Waals surface area contributed by atoms with E-state index in [2.05, 4.69) is 4.98 Å². The first-order chi connectivity index (χ1) is 5.79. The Labute approximate surface area is 71.8 Å². The summed E-state index contributed by atoms with van der Waals surface area (Å²) in [4.78, 5) is 4.19. The quantitative estimate of drug-likeness (QED) is 0.685. The molecule has 0 aromatic carbocycles. The van der Waals surface area contributed by atoms with E-state index in [0.717, 1.165) is 11.4 Å². The summed E-state index contributed by atoms with van der Waals surface area (Å²) < 4.78 is 0. The molecule has 3 nitrogen and oxygen atoms in total. The summed E-state index contributed by atoms with van der Waals surface area (Å²) in [5, 5.41) is 0. The molecule has 12 heavy (non-hydrogen) atoms. The number of rotatable bonds is 2. The summed E-state index contributed by atoms with van der Waals surface area (Å²) in [7, 11) is 0. The molecule has 0 radical (unpaired) electrons. The van der Waals surface area contributed by atoms with Gasteiger partial charge in [0.1, 0.15) is 0 Å². The molecular formula is C9H13N3. The number of nitrogens with zero attached hydrogens (tertiary/aromatic N) is 1. The SMILES string of the molecule is Nc1cccnc1C(N)C1CC1. The van der Waals surface area contributed by atoms with Crippen molar-refractivity contribution in [1.29, 1.82) is 0 Å². The fourth-order valence-electron chi connectivity index (χ4n) is 1.39. The molecule has 1 aromatic rings. The van der Waals surface area contributed by atoms with Crippen LogP contribution < -0.4 is 11.5 Å². The third kappa shape index (κ3) is 1.28. The van der Waals surface area contributed by atoms with Gasteiger partial charge in [-0.3, -0.25) is 4.98 Å². The van der Waals surface area contributed by atoms with Gasteiger partial charge in [0.25, 0.3) is 0 Å². The van der Waals surface area contributed by atoms with E-state index in [4.69, 9.17) is 11.5 Å². The highest BCUT2D eigenvalue weighted by molar-refractivity contribution is 5.44. The Morgan fingerprint density at radius 1 is 1.50 bits per heavy atom. The first-order valence-corrected chi connectivity index (χ1v) is 4.25. The van der Waals surface area contributed by atoms with E-state index in [0.29, 0.717) is 5.92 Å². The Hall–Kier alpha value is -1.09. The molecule has 1 aromatic heterocycles. The molecule has 2 rings (SSSR count). The van der Waals surface area contributed by atoms with Crippen LogP contribution in [-0.2, 0) is 0 Å². The minimum absolute atomic E-state index is 0.0474. The molecule has 1 aliphatic carbocycles. The average molecular weight is 163 g/mol. The lowest BCUT2D eigenvalue weighted by molar-refractivity contribution is 0.617. The largest absolute Gasteiger partial charge is 0.397 e. The number of nitrogen functional groups attached to an aromatic ring is 1. The van der Waals surface area contributed by atoms with Crippen molar-refractivity contribution in [3.63, 3.8) is 0 Å². The highest BCUT2D eigenvalue weighted by atomic mass is 14.8. The second-order valence-electron chi connectivity index (χ2n) is 3.34. The summed E-state index contributed by atoms with van der Waals surface area (Å²) in [6, 6.07) is 3.73. The molecule has 0 bridgehead atoms. The molecule has 1 aliphatic rings. The van der Waals surface area contributed by atoms with Crippen molar-refractivity contribution in [3.8, 4) is 0 Å². The molecule has 64 valence electrons. The number of hydrogen-bond donors (Lipinski definition) is 2. The topological polar surface area (TPSA) is 64.9 Å². The van der Waals surface area contributed by atoms with Crippen LogP contribution in [0.25, 0.3) is 0 Å². The first-order valence-electron chi connectivity index (χ1n) is 4.25. The molecule has 1 heterocycles. The van der Waals surface area contributed by atoms with Gasteiger partial charge in [0.05, 0.1) is 17.4 Å². The van der Waals surface area contributed by atoms with Crippen LogP contribution in [0.15, 0.2) is 18.3 Å². The van der Waals surface area contributed by atoms with Crippen LogP contribution in [0.2, 0.25) is 0 Å². The zero-order chi connectivity index (χ0) is 8.55. The molecule has 1 atom stereocenters. The van der Waals surface area contributed by atoms with Crippen LogP contribution in [0.4, 0.5) is 5.69 Å². The van der Waals surface area contributed by atoms with Crippen LogP contribution >= 0.6 is 0 Å². The Morgan fingerprint density at radius 2 is 2.25 bits per heavy atom. The van der Waals surface area contributed by atoms with Gasteiger partial charge in [0, 0.05) is 6.20 Å². The fourth-order valence-corrected chi connectivity index (χ4v) is 1.39. The zero-order valence-electron chi connectivity index (χ0n) is 6.90. The normalized spacial score (nSPS) is 19.1. The van der Waals surface area contributed by atoms with Gasteiger partial charge in [-0.1, -0.05) is 0 Å². The molecule has 0 aliphatic heterocycles. The molecule has 0 amide bonds. The second kappa shape index (κ2) is 2.75. The maximum atomic E-state index is 5.96. The van der Waals surface area contributed by atoms with Gasteiger partial charge < -0.3 is 11.5 Å². The van der Waals surface area contributed by atoms with E-state index in [1.165, 1.54) is 12.8 Å². The predicted octanol–water partition coefficient (Wildman–Crippen LogP) is 1.07. The molecular weight excluding hydrogens is 150 g/mol. The van der Waals surface area contributed by atoms with Gasteiger partial charge in [-0.2, -0.15) is 0 Å². The van der Waals surface area contributed by atoms with Gasteiger partial charge >= 0.3 is 0 Å². The van der Waals surface area contributed by atoms with Crippen LogP contribution in [0.3, 0.4) is 0 Å². The van der Waals surface area contributed by atoms with Crippen LogP contribution in [-0.4, -0.2) is 4.98 Å². The lowest BCUT2D eigenvalue weighted by Crippen LogP contribution is -2.15. The van der Waals surface area contributed by atoms with Crippen molar-refractivity contribution in [2.75, 3.05) is 5.73 Å². The van der Waals surface area contributed by atoms with Crippen molar-refractivity contribution in [2.24, 2.45) is 11.7 Å². The summed E-state index contributed by atoms with van der Waals surface area (Å²) in [6.07, 6.45) is 4.18. The number of nitrogens with two attached hydrogens (primary N) is 2. The van der Waals surface area contributed by atoms with Crippen LogP contribution in [0, 0.1) is 5.92 Å². The van der Waals surface area contributed by atoms with Crippen LogP contribution in [0.5, 0.6) is 0 Å². The Balaban J connectivity index is 2.25. The van der Waals surface area contributed by atoms with Crippen molar-refractivity contribution < 1.29 is 0 Å². The van der Waals surface area contributed by atoms with Crippen molar-refractivity contribution in [1.82, 2.24) is 4.98 Å². The second-order valence-corrected chi connectivity index (χ2v) is 3.34. The monoisotopic (exact) mass is 163 g/mol. The van der Waals surface area contributed by atoms with Crippen molar-refractivity contribution in [2.45, 2.75) is 18.9 Å². The molecule has 3 heteroatoms. The van der Waals surface area contributed by atoms with Gasteiger partial charge in [-0.05, 0) is 30.9 Å². The van der Waals surface area contributed by atoms with Crippen LogP contribution in [0.1, 0.15) is 24.6 Å². The van der Waals surface area contributed by atoms with E-state index in [1.54, 1.807) is 6.20 Å². The fraction of sp³-hybridized carbons (Fsp3) is 0.444. The zero-order valence-corrected chi connectivity index (χ0v) is 6.90. The standard InChI is InChI=1S/C9H13N3/c10-7-2-1-5-12-9(7)8(11)6-3-4-6/h1-2,5-6,8H,3-4,10-11H2. The molecule has 1 fully saturated rings. The maximum absolute atomic E-state index is 5.96. The lowest BCUT2D eigenvalue weighted by Gasteiger charge is -2.11. The van der Waals surface area contributed by atoms with E-state index in [9.17, 15) is 0 Å². The molecule has 0 saturated heterocycles. The Bertz CT molecular complexity index is 281. The van der Waals surface area contributed by atoms with Crippen molar-refractivity contribution in [3.05, 3.63) is 24.0 Å². The van der Waals surface area contributed by atoms with E-state index in [1.807, 2.05) is 12.1 Å². The Kier molecular flexibility index (Phi) is 1.73. The van der Waals surface area contributed by atoms with Gasteiger partial charge in [0.2, 0.25) is 0 Å². The van der Waals surface area contributed by atoms with Gasteiger partial charge in [-0.15, -0.1) is 0 Å². The summed E-state index contributed by atoms with van der Waals surface area (Å²) >= 11 is 0. The number of aromatic nitrogens is 1. The summed E-state index contributed by atoms with van der Waals surface area (Å²) in [5.74, 6) is 0.613. The maximum Gasteiger partial charge on any atom is 0.0802 e.